The zero-order chi connectivity index (χ0) is 12.5. The van der Waals surface area contributed by atoms with Crippen molar-refractivity contribution in [3.63, 3.8) is 0 Å². The van der Waals surface area contributed by atoms with Crippen LogP contribution in [0.3, 0.4) is 0 Å². The molecule has 4 nitrogen and oxygen atoms in total. The van der Waals surface area contributed by atoms with E-state index in [1.165, 1.54) is 0 Å². The molecule has 1 aliphatic carbocycles. The number of carbonyl (C=O) groups is 1. The van der Waals surface area contributed by atoms with Crippen LogP contribution in [0.2, 0.25) is 0 Å². The molecule has 4 heteroatoms. The molecule has 1 heterocycles. The van der Waals surface area contributed by atoms with Gasteiger partial charge in [-0.25, -0.2) is 0 Å². The second-order valence-electron chi connectivity index (χ2n) is 5.30. The van der Waals surface area contributed by atoms with Crippen LogP contribution in [0.5, 0.6) is 0 Å². The molecular formula is C13H20N2O2. The summed E-state index contributed by atoms with van der Waals surface area (Å²) < 4.78 is 1.73. The second-order valence-corrected chi connectivity index (χ2v) is 5.30. The highest BCUT2D eigenvalue weighted by Crippen LogP contribution is 2.45. The van der Waals surface area contributed by atoms with E-state index in [0.717, 1.165) is 31.2 Å². The molecule has 1 aromatic heterocycles. The van der Waals surface area contributed by atoms with Crippen molar-refractivity contribution in [1.82, 2.24) is 9.78 Å². The normalized spacial score (nSPS) is 28.5. The van der Waals surface area contributed by atoms with E-state index in [2.05, 4.69) is 12.0 Å². The number of carboxylic acid groups (broad SMARTS) is 1. The maximum atomic E-state index is 11.6. The Balaban J connectivity index is 2.16. The second kappa shape index (κ2) is 4.51. The number of hydrogen-bond donors (Lipinski definition) is 1. The molecule has 0 aromatic carbocycles. The topological polar surface area (TPSA) is 55.1 Å². The summed E-state index contributed by atoms with van der Waals surface area (Å²) in [5.41, 5.74) is 0.482. The molecule has 0 spiro atoms. The highest BCUT2D eigenvalue weighted by atomic mass is 16.4. The first kappa shape index (κ1) is 12.1. The van der Waals surface area contributed by atoms with Crippen LogP contribution in [0, 0.1) is 11.3 Å². The quantitative estimate of drug-likeness (QED) is 0.872. The minimum atomic E-state index is -0.641. The van der Waals surface area contributed by atoms with Crippen LogP contribution in [0.1, 0.15) is 38.2 Å². The summed E-state index contributed by atoms with van der Waals surface area (Å²) in [5, 5.41) is 13.6. The summed E-state index contributed by atoms with van der Waals surface area (Å²) in [7, 11) is 1.86. The molecule has 2 atom stereocenters. The van der Waals surface area contributed by atoms with Gasteiger partial charge in [0.05, 0.1) is 11.6 Å². The average molecular weight is 236 g/mol. The van der Waals surface area contributed by atoms with Crippen LogP contribution < -0.4 is 0 Å². The number of carboxylic acids is 1. The Bertz CT molecular complexity index is 413. The van der Waals surface area contributed by atoms with Gasteiger partial charge in [0.25, 0.3) is 0 Å². The number of aliphatic carboxylic acids is 1. The van der Waals surface area contributed by atoms with Gasteiger partial charge in [-0.1, -0.05) is 13.3 Å². The Morgan fingerprint density at radius 1 is 1.71 bits per heavy atom. The van der Waals surface area contributed by atoms with Crippen LogP contribution in [0.25, 0.3) is 0 Å². The largest absolute Gasteiger partial charge is 0.481 e. The maximum Gasteiger partial charge on any atom is 0.309 e. The first-order chi connectivity index (χ1) is 8.05. The van der Waals surface area contributed by atoms with E-state index in [0.29, 0.717) is 12.3 Å². The Morgan fingerprint density at radius 3 is 2.94 bits per heavy atom. The fourth-order valence-corrected chi connectivity index (χ4v) is 2.97. The zero-order valence-electron chi connectivity index (χ0n) is 10.5. The Hall–Kier alpha value is -1.32. The highest BCUT2D eigenvalue weighted by molar-refractivity contribution is 5.75. The molecule has 2 unspecified atom stereocenters. The third-order valence-corrected chi connectivity index (χ3v) is 4.04. The predicted octanol–water partition coefficient (Wildman–Crippen LogP) is 2.24. The van der Waals surface area contributed by atoms with Gasteiger partial charge in [0.1, 0.15) is 0 Å². The van der Waals surface area contributed by atoms with Crippen molar-refractivity contribution in [3.8, 4) is 0 Å². The van der Waals surface area contributed by atoms with Crippen LogP contribution in [-0.2, 0) is 18.3 Å². The standard InChI is InChI=1S/C13H20N2O2/c1-3-10-4-5-13(6-10,12(16)17)7-11-8-14-15(2)9-11/h8-10H,3-7H2,1-2H3,(H,16,17). The number of nitrogens with zero attached hydrogens (tertiary/aromatic N) is 2. The first-order valence-corrected chi connectivity index (χ1v) is 6.26. The molecule has 0 radical (unpaired) electrons. The summed E-state index contributed by atoms with van der Waals surface area (Å²) in [6, 6.07) is 0. The fraction of sp³-hybridized carbons (Fsp3) is 0.692. The van der Waals surface area contributed by atoms with E-state index in [1.54, 1.807) is 10.9 Å². The van der Waals surface area contributed by atoms with Crippen LogP contribution in [-0.4, -0.2) is 20.9 Å². The number of aryl methyl sites for hydroxylation is 1. The summed E-state index contributed by atoms with van der Waals surface area (Å²) in [6.45, 7) is 2.15. The van der Waals surface area contributed by atoms with Gasteiger partial charge < -0.3 is 5.11 Å². The molecule has 1 aromatic rings. The third kappa shape index (κ3) is 2.35. The molecule has 17 heavy (non-hydrogen) atoms. The van der Waals surface area contributed by atoms with Gasteiger partial charge in [0, 0.05) is 13.2 Å². The summed E-state index contributed by atoms with van der Waals surface area (Å²) in [5.74, 6) is -0.0694. The van der Waals surface area contributed by atoms with E-state index in [1.807, 2.05) is 13.2 Å². The van der Waals surface area contributed by atoms with E-state index < -0.39 is 11.4 Å². The average Bonchev–Trinajstić information content (AvgIpc) is 2.87. The highest BCUT2D eigenvalue weighted by Gasteiger charge is 2.44. The maximum absolute atomic E-state index is 11.6. The SMILES string of the molecule is CCC1CCC(Cc2cnn(C)c2)(C(=O)O)C1. The lowest BCUT2D eigenvalue weighted by atomic mass is 9.80. The summed E-state index contributed by atoms with van der Waals surface area (Å²) >= 11 is 0. The van der Waals surface area contributed by atoms with Crippen molar-refractivity contribution in [2.45, 2.75) is 39.0 Å². The first-order valence-electron chi connectivity index (χ1n) is 6.26. The molecule has 1 N–H and O–H groups in total. The molecular weight excluding hydrogens is 216 g/mol. The molecule has 94 valence electrons. The number of aromatic nitrogens is 2. The van der Waals surface area contributed by atoms with Crippen molar-refractivity contribution in [1.29, 1.82) is 0 Å². The monoisotopic (exact) mass is 236 g/mol. The van der Waals surface area contributed by atoms with Gasteiger partial charge in [0.2, 0.25) is 0 Å². The molecule has 0 amide bonds. The van der Waals surface area contributed by atoms with Crippen LogP contribution >= 0.6 is 0 Å². The lowest BCUT2D eigenvalue weighted by Crippen LogP contribution is -2.30. The molecule has 2 rings (SSSR count). The van der Waals surface area contributed by atoms with Crippen molar-refractivity contribution < 1.29 is 9.90 Å². The smallest absolute Gasteiger partial charge is 0.309 e. The number of hydrogen-bond acceptors (Lipinski definition) is 2. The van der Waals surface area contributed by atoms with Crippen LogP contribution in [0.15, 0.2) is 12.4 Å². The van der Waals surface area contributed by atoms with Crippen LogP contribution in [0.4, 0.5) is 0 Å². The van der Waals surface area contributed by atoms with E-state index in [9.17, 15) is 9.90 Å². The van der Waals surface area contributed by atoms with Gasteiger partial charge in [-0.3, -0.25) is 9.48 Å². The molecule has 1 fully saturated rings. The van der Waals surface area contributed by atoms with E-state index in [4.69, 9.17) is 0 Å². The fourth-order valence-electron chi connectivity index (χ4n) is 2.97. The van der Waals surface area contributed by atoms with Gasteiger partial charge in [-0.05, 0) is 37.2 Å². The van der Waals surface area contributed by atoms with Gasteiger partial charge in [0.15, 0.2) is 0 Å². The third-order valence-electron chi connectivity index (χ3n) is 4.04. The van der Waals surface area contributed by atoms with E-state index >= 15 is 0 Å². The molecule has 0 saturated heterocycles. The Labute approximate surface area is 102 Å². The van der Waals surface area contributed by atoms with E-state index in [-0.39, 0.29) is 0 Å². The predicted molar refractivity (Wildman–Crippen MR) is 64.6 cm³/mol. The molecule has 1 saturated carbocycles. The lowest BCUT2D eigenvalue weighted by molar-refractivity contribution is -0.148. The lowest BCUT2D eigenvalue weighted by Gasteiger charge is -2.23. The molecule has 0 bridgehead atoms. The minimum Gasteiger partial charge on any atom is -0.481 e. The van der Waals surface area contributed by atoms with Crippen molar-refractivity contribution in [3.05, 3.63) is 18.0 Å². The van der Waals surface area contributed by atoms with Gasteiger partial charge in [-0.2, -0.15) is 5.10 Å². The van der Waals surface area contributed by atoms with Gasteiger partial charge in [-0.15, -0.1) is 0 Å². The Kier molecular flexibility index (Phi) is 3.22. The summed E-state index contributed by atoms with van der Waals surface area (Å²) in [4.78, 5) is 11.6. The Morgan fingerprint density at radius 2 is 2.47 bits per heavy atom. The van der Waals surface area contributed by atoms with Crippen molar-refractivity contribution in [2.75, 3.05) is 0 Å². The minimum absolute atomic E-state index is 0.552. The molecule has 1 aliphatic rings. The van der Waals surface area contributed by atoms with Crippen molar-refractivity contribution >= 4 is 5.97 Å². The number of rotatable bonds is 4. The zero-order valence-corrected chi connectivity index (χ0v) is 10.5. The molecule has 0 aliphatic heterocycles. The van der Waals surface area contributed by atoms with Crippen molar-refractivity contribution in [2.24, 2.45) is 18.4 Å². The summed E-state index contributed by atoms with van der Waals surface area (Å²) in [6.07, 6.45) is 8.06. The van der Waals surface area contributed by atoms with Gasteiger partial charge >= 0.3 is 5.97 Å².